The maximum atomic E-state index is 9.52. The summed E-state index contributed by atoms with van der Waals surface area (Å²) in [5.41, 5.74) is 0.0217. The molecule has 2 atom stereocenters. The number of pyridine rings is 1. The first-order chi connectivity index (χ1) is 6.66. The van der Waals surface area contributed by atoms with Gasteiger partial charge in [-0.25, -0.2) is 0 Å². The second kappa shape index (κ2) is 4.90. The van der Waals surface area contributed by atoms with Crippen molar-refractivity contribution in [1.29, 1.82) is 0 Å². The summed E-state index contributed by atoms with van der Waals surface area (Å²) < 4.78 is 0. The molecule has 0 aromatic carbocycles. The lowest BCUT2D eigenvalue weighted by atomic mass is 10.1. The van der Waals surface area contributed by atoms with E-state index in [1.54, 1.807) is 0 Å². The molecule has 78 valence electrons. The molecule has 0 spiro atoms. The molecule has 0 saturated heterocycles. The lowest BCUT2D eigenvalue weighted by molar-refractivity contribution is 0.000647. The van der Waals surface area contributed by atoms with Crippen molar-refractivity contribution in [3.05, 3.63) is 24.0 Å². The van der Waals surface area contributed by atoms with Gasteiger partial charge in [0.05, 0.1) is 6.10 Å². The number of aromatic hydroxyl groups is 1. The van der Waals surface area contributed by atoms with Gasteiger partial charge in [-0.2, -0.15) is 0 Å². The number of aliphatic hydroxyl groups is 3. The second-order valence-electron chi connectivity index (χ2n) is 2.93. The number of nitrogens with zero attached hydrogens (tertiary/aromatic N) is 1. The van der Waals surface area contributed by atoms with E-state index in [1.165, 1.54) is 18.3 Å². The molecule has 0 saturated carbocycles. The summed E-state index contributed by atoms with van der Waals surface area (Å²) in [6.07, 6.45) is -0.953. The lowest BCUT2D eigenvalue weighted by Crippen LogP contribution is -2.20. The van der Waals surface area contributed by atoms with Gasteiger partial charge in [-0.1, -0.05) is 0 Å². The molecule has 2 unspecified atom stereocenters. The summed E-state index contributed by atoms with van der Waals surface area (Å²) >= 11 is 0. The molecule has 1 aromatic heterocycles. The van der Waals surface area contributed by atoms with Gasteiger partial charge >= 0.3 is 0 Å². The van der Waals surface area contributed by atoms with Crippen LogP contribution in [0.25, 0.3) is 0 Å². The SMILES string of the molecule is OCCC(O)C(O)c1ncccc1O. The molecule has 0 radical (unpaired) electrons. The summed E-state index contributed by atoms with van der Waals surface area (Å²) in [5.74, 6) is -0.169. The Morgan fingerprint density at radius 3 is 2.64 bits per heavy atom. The molecule has 0 fully saturated rings. The minimum Gasteiger partial charge on any atom is -0.506 e. The van der Waals surface area contributed by atoms with Gasteiger partial charge in [0, 0.05) is 12.8 Å². The molecule has 1 aromatic rings. The van der Waals surface area contributed by atoms with Crippen LogP contribution in [0.2, 0.25) is 0 Å². The van der Waals surface area contributed by atoms with Crippen molar-refractivity contribution in [2.45, 2.75) is 18.6 Å². The molecule has 1 heterocycles. The number of rotatable bonds is 4. The van der Waals surface area contributed by atoms with Crippen LogP contribution in [0.4, 0.5) is 0 Å². The third-order valence-electron chi connectivity index (χ3n) is 1.89. The van der Waals surface area contributed by atoms with Crippen LogP contribution in [0.5, 0.6) is 5.75 Å². The molecule has 14 heavy (non-hydrogen) atoms. The normalized spacial score (nSPS) is 15.1. The first kappa shape index (κ1) is 10.9. The van der Waals surface area contributed by atoms with Crippen LogP contribution in [0, 0.1) is 0 Å². The quantitative estimate of drug-likeness (QED) is 0.527. The first-order valence-corrected chi connectivity index (χ1v) is 4.27. The number of aromatic nitrogens is 1. The van der Waals surface area contributed by atoms with E-state index in [-0.39, 0.29) is 24.5 Å². The van der Waals surface area contributed by atoms with Gasteiger partial charge in [-0.05, 0) is 18.6 Å². The third-order valence-corrected chi connectivity index (χ3v) is 1.89. The molecule has 0 bridgehead atoms. The number of hydrogen-bond donors (Lipinski definition) is 4. The minimum atomic E-state index is -1.27. The Morgan fingerprint density at radius 1 is 1.36 bits per heavy atom. The fraction of sp³-hybridized carbons (Fsp3) is 0.444. The molecule has 0 aliphatic heterocycles. The molecule has 0 aliphatic rings. The van der Waals surface area contributed by atoms with Gasteiger partial charge in [0.2, 0.25) is 0 Å². The maximum Gasteiger partial charge on any atom is 0.139 e. The van der Waals surface area contributed by atoms with Crippen LogP contribution in [0.3, 0.4) is 0 Å². The second-order valence-corrected chi connectivity index (χ2v) is 2.93. The Kier molecular flexibility index (Phi) is 3.82. The molecular weight excluding hydrogens is 186 g/mol. The molecule has 0 aliphatic carbocycles. The van der Waals surface area contributed by atoms with Crippen molar-refractivity contribution in [3.63, 3.8) is 0 Å². The van der Waals surface area contributed by atoms with E-state index < -0.39 is 12.2 Å². The summed E-state index contributed by atoms with van der Waals surface area (Å²) in [5, 5.41) is 36.7. The van der Waals surface area contributed by atoms with E-state index in [2.05, 4.69) is 4.98 Å². The summed E-state index contributed by atoms with van der Waals surface area (Å²) in [7, 11) is 0. The molecule has 0 amide bonds. The van der Waals surface area contributed by atoms with Gasteiger partial charge in [-0.3, -0.25) is 4.98 Å². The maximum absolute atomic E-state index is 9.52. The number of hydrogen-bond acceptors (Lipinski definition) is 5. The summed E-state index contributed by atoms with van der Waals surface area (Å²) in [6, 6.07) is 2.89. The van der Waals surface area contributed by atoms with Crippen molar-refractivity contribution in [3.8, 4) is 5.75 Å². The average Bonchev–Trinajstić information content (AvgIpc) is 2.18. The summed E-state index contributed by atoms with van der Waals surface area (Å²) in [4.78, 5) is 3.74. The van der Waals surface area contributed by atoms with Crippen molar-refractivity contribution >= 4 is 0 Å². The van der Waals surface area contributed by atoms with Gasteiger partial charge in [-0.15, -0.1) is 0 Å². The number of aliphatic hydroxyl groups excluding tert-OH is 3. The van der Waals surface area contributed by atoms with Crippen LogP contribution in [-0.4, -0.2) is 38.1 Å². The van der Waals surface area contributed by atoms with Crippen molar-refractivity contribution in [1.82, 2.24) is 4.98 Å². The van der Waals surface area contributed by atoms with E-state index in [9.17, 15) is 15.3 Å². The van der Waals surface area contributed by atoms with Crippen molar-refractivity contribution < 1.29 is 20.4 Å². The Hall–Kier alpha value is -1.17. The monoisotopic (exact) mass is 199 g/mol. The molecular formula is C9H13NO4. The first-order valence-electron chi connectivity index (χ1n) is 4.27. The zero-order chi connectivity index (χ0) is 10.6. The van der Waals surface area contributed by atoms with Gasteiger partial charge < -0.3 is 20.4 Å². The zero-order valence-corrected chi connectivity index (χ0v) is 7.54. The van der Waals surface area contributed by atoms with E-state index in [0.717, 1.165) is 0 Å². The van der Waals surface area contributed by atoms with Crippen LogP contribution < -0.4 is 0 Å². The van der Waals surface area contributed by atoms with E-state index >= 15 is 0 Å². The molecule has 5 heteroatoms. The highest BCUT2D eigenvalue weighted by Gasteiger charge is 2.21. The van der Waals surface area contributed by atoms with Gasteiger partial charge in [0.1, 0.15) is 17.5 Å². The fourth-order valence-electron chi connectivity index (χ4n) is 1.11. The minimum absolute atomic E-state index is 0.0217. The largest absolute Gasteiger partial charge is 0.506 e. The van der Waals surface area contributed by atoms with Crippen molar-refractivity contribution in [2.75, 3.05) is 6.61 Å². The van der Waals surface area contributed by atoms with E-state index in [1.807, 2.05) is 0 Å². The van der Waals surface area contributed by atoms with Crippen LogP contribution in [-0.2, 0) is 0 Å². The summed E-state index contributed by atoms with van der Waals surface area (Å²) in [6.45, 7) is -0.230. The van der Waals surface area contributed by atoms with Crippen LogP contribution in [0.1, 0.15) is 18.2 Å². The lowest BCUT2D eigenvalue weighted by Gasteiger charge is -2.16. The molecule has 1 rings (SSSR count). The molecule has 4 N–H and O–H groups in total. The predicted octanol–water partition coefficient (Wildman–Crippen LogP) is -0.436. The Morgan fingerprint density at radius 2 is 2.07 bits per heavy atom. The highest BCUT2D eigenvalue weighted by atomic mass is 16.3. The smallest absolute Gasteiger partial charge is 0.139 e. The van der Waals surface area contributed by atoms with E-state index in [4.69, 9.17) is 5.11 Å². The van der Waals surface area contributed by atoms with Crippen molar-refractivity contribution in [2.24, 2.45) is 0 Å². The molecule has 5 nitrogen and oxygen atoms in total. The van der Waals surface area contributed by atoms with Gasteiger partial charge in [0.15, 0.2) is 0 Å². The van der Waals surface area contributed by atoms with Gasteiger partial charge in [0.25, 0.3) is 0 Å². The zero-order valence-electron chi connectivity index (χ0n) is 7.54. The Balaban J connectivity index is 2.78. The Bertz CT molecular complexity index is 292. The highest BCUT2D eigenvalue weighted by Crippen LogP contribution is 2.24. The average molecular weight is 199 g/mol. The topological polar surface area (TPSA) is 93.8 Å². The van der Waals surface area contributed by atoms with E-state index in [0.29, 0.717) is 0 Å². The fourth-order valence-corrected chi connectivity index (χ4v) is 1.11. The standard InChI is InChI=1S/C9H13NO4/c11-5-3-7(13)9(14)8-6(12)2-1-4-10-8/h1-2,4,7,9,11-14H,3,5H2. The predicted molar refractivity (Wildman–Crippen MR) is 48.6 cm³/mol. The highest BCUT2D eigenvalue weighted by molar-refractivity contribution is 5.27. The van der Waals surface area contributed by atoms with Crippen LogP contribution >= 0.6 is 0 Å². The third kappa shape index (κ3) is 2.41. The van der Waals surface area contributed by atoms with Crippen LogP contribution in [0.15, 0.2) is 18.3 Å². The Labute approximate surface area is 81.3 Å².